The SMILES string of the molecule is CC(C)c1cccc(C(C)C)c1C(C)N=Cc1ccccc1. The van der Waals surface area contributed by atoms with Gasteiger partial charge in [0.05, 0.1) is 6.04 Å². The Balaban J connectivity index is 2.39. The summed E-state index contributed by atoms with van der Waals surface area (Å²) in [7, 11) is 0. The van der Waals surface area contributed by atoms with Gasteiger partial charge in [-0.15, -0.1) is 0 Å². The number of nitrogens with zero attached hydrogens (tertiary/aromatic N) is 1. The number of hydrogen-bond acceptors (Lipinski definition) is 1. The van der Waals surface area contributed by atoms with Crippen LogP contribution in [0, 0.1) is 0 Å². The normalized spacial score (nSPS) is 13.2. The van der Waals surface area contributed by atoms with Gasteiger partial charge in [-0.25, -0.2) is 0 Å². The summed E-state index contributed by atoms with van der Waals surface area (Å²) in [5, 5.41) is 0. The molecule has 0 aliphatic carbocycles. The van der Waals surface area contributed by atoms with E-state index in [2.05, 4.69) is 65.0 Å². The van der Waals surface area contributed by atoms with Gasteiger partial charge >= 0.3 is 0 Å². The van der Waals surface area contributed by atoms with E-state index in [0.717, 1.165) is 5.56 Å². The summed E-state index contributed by atoms with van der Waals surface area (Å²) in [4.78, 5) is 4.83. The molecule has 0 N–H and O–H groups in total. The third-order valence-corrected chi connectivity index (χ3v) is 4.08. The Bertz CT molecular complexity index is 597. The second-order valence-corrected chi connectivity index (χ2v) is 6.52. The van der Waals surface area contributed by atoms with Gasteiger partial charge in [-0.1, -0.05) is 76.2 Å². The third-order valence-electron chi connectivity index (χ3n) is 4.08. The Hall–Kier alpha value is -1.89. The lowest BCUT2D eigenvalue weighted by Gasteiger charge is -2.22. The Morgan fingerprint density at radius 1 is 0.727 bits per heavy atom. The van der Waals surface area contributed by atoms with Crippen LogP contribution >= 0.6 is 0 Å². The molecule has 116 valence electrons. The van der Waals surface area contributed by atoms with Gasteiger partial charge in [0.15, 0.2) is 0 Å². The number of hydrogen-bond donors (Lipinski definition) is 0. The smallest absolute Gasteiger partial charge is 0.0726 e. The molecule has 0 radical (unpaired) electrons. The van der Waals surface area contributed by atoms with Gasteiger partial charge in [0.25, 0.3) is 0 Å². The van der Waals surface area contributed by atoms with Gasteiger partial charge in [0.1, 0.15) is 0 Å². The molecule has 22 heavy (non-hydrogen) atoms. The Labute approximate surface area is 135 Å². The van der Waals surface area contributed by atoms with E-state index in [9.17, 15) is 0 Å². The van der Waals surface area contributed by atoms with Crippen molar-refractivity contribution in [2.75, 3.05) is 0 Å². The first kappa shape index (κ1) is 16.5. The van der Waals surface area contributed by atoms with Crippen molar-refractivity contribution in [1.29, 1.82) is 0 Å². The molecule has 1 unspecified atom stereocenters. The first-order chi connectivity index (χ1) is 10.5. The molecule has 2 rings (SSSR count). The molecule has 0 bridgehead atoms. The predicted molar refractivity (Wildman–Crippen MR) is 97.1 cm³/mol. The fourth-order valence-corrected chi connectivity index (χ4v) is 2.90. The van der Waals surface area contributed by atoms with Crippen LogP contribution in [0.5, 0.6) is 0 Å². The fourth-order valence-electron chi connectivity index (χ4n) is 2.90. The monoisotopic (exact) mass is 293 g/mol. The molecule has 1 heteroatoms. The molecule has 0 fully saturated rings. The molecular formula is C21H27N. The highest BCUT2D eigenvalue weighted by molar-refractivity contribution is 5.79. The lowest BCUT2D eigenvalue weighted by atomic mass is 9.85. The second kappa shape index (κ2) is 7.40. The van der Waals surface area contributed by atoms with E-state index in [1.165, 1.54) is 16.7 Å². The van der Waals surface area contributed by atoms with Crippen molar-refractivity contribution < 1.29 is 0 Å². The molecule has 0 aromatic heterocycles. The van der Waals surface area contributed by atoms with Gasteiger partial charge < -0.3 is 0 Å². The van der Waals surface area contributed by atoms with Crippen molar-refractivity contribution in [1.82, 2.24) is 0 Å². The maximum atomic E-state index is 4.83. The summed E-state index contributed by atoms with van der Waals surface area (Å²) in [5.41, 5.74) is 5.40. The van der Waals surface area contributed by atoms with Gasteiger partial charge in [-0.3, -0.25) is 4.99 Å². The number of benzene rings is 2. The largest absolute Gasteiger partial charge is 0.285 e. The molecule has 0 spiro atoms. The van der Waals surface area contributed by atoms with Crippen molar-refractivity contribution >= 4 is 6.21 Å². The molecule has 0 amide bonds. The first-order valence-corrected chi connectivity index (χ1v) is 8.21. The molecule has 0 aliphatic rings. The quantitative estimate of drug-likeness (QED) is 0.589. The average molecular weight is 293 g/mol. The van der Waals surface area contributed by atoms with Crippen LogP contribution in [-0.2, 0) is 0 Å². The summed E-state index contributed by atoms with van der Waals surface area (Å²) in [6.45, 7) is 11.2. The Kier molecular flexibility index (Phi) is 5.54. The molecule has 2 aromatic carbocycles. The van der Waals surface area contributed by atoms with E-state index in [4.69, 9.17) is 4.99 Å². The van der Waals surface area contributed by atoms with Gasteiger partial charge in [0.2, 0.25) is 0 Å². The van der Waals surface area contributed by atoms with Crippen LogP contribution in [-0.4, -0.2) is 6.21 Å². The van der Waals surface area contributed by atoms with Crippen LogP contribution in [0.25, 0.3) is 0 Å². The van der Waals surface area contributed by atoms with E-state index >= 15 is 0 Å². The van der Waals surface area contributed by atoms with Crippen LogP contribution in [0.4, 0.5) is 0 Å². The highest BCUT2D eigenvalue weighted by atomic mass is 14.8. The summed E-state index contributed by atoms with van der Waals surface area (Å²) in [5.74, 6) is 1.03. The summed E-state index contributed by atoms with van der Waals surface area (Å²) < 4.78 is 0. The van der Waals surface area contributed by atoms with Gasteiger partial charge in [-0.2, -0.15) is 0 Å². The Morgan fingerprint density at radius 2 is 1.27 bits per heavy atom. The first-order valence-electron chi connectivity index (χ1n) is 8.21. The topological polar surface area (TPSA) is 12.4 Å². The summed E-state index contributed by atoms with van der Waals surface area (Å²) in [6.07, 6.45) is 1.99. The van der Waals surface area contributed by atoms with Gasteiger partial charge in [-0.05, 0) is 41.0 Å². The molecule has 2 aromatic rings. The van der Waals surface area contributed by atoms with Crippen LogP contribution < -0.4 is 0 Å². The molecule has 0 saturated heterocycles. The molecule has 1 nitrogen and oxygen atoms in total. The number of rotatable bonds is 5. The lowest BCUT2D eigenvalue weighted by Crippen LogP contribution is -2.06. The zero-order valence-corrected chi connectivity index (χ0v) is 14.4. The van der Waals surface area contributed by atoms with Crippen molar-refractivity contribution in [3.63, 3.8) is 0 Å². The minimum Gasteiger partial charge on any atom is -0.285 e. The predicted octanol–water partition coefficient (Wildman–Crippen LogP) is 6.11. The summed E-state index contributed by atoms with van der Waals surface area (Å²) >= 11 is 0. The van der Waals surface area contributed by atoms with E-state index in [-0.39, 0.29) is 6.04 Å². The average Bonchev–Trinajstić information content (AvgIpc) is 2.52. The van der Waals surface area contributed by atoms with E-state index in [0.29, 0.717) is 11.8 Å². The van der Waals surface area contributed by atoms with Crippen LogP contribution in [0.15, 0.2) is 53.5 Å². The van der Waals surface area contributed by atoms with Crippen molar-refractivity contribution in [2.45, 2.75) is 52.5 Å². The maximum Gasteiger partial charge on any atom is 0.0726 e. The van der Waals surface area contributed by atoms with E-state index in [1.807, 2.05) is 24.4 Å². The van der Waals surface area contributed by atoms with E-state index in [1.54, 1.807) is 0 Å². The lowest BCUT2D eigenvalue weighted by molar-refractivity contribution is 0.732. The zero-order chi connectivity index (χ0) is 16.1. The maximum absolute atomic E-state index is 4.83. The molecular weight excluding hydrogens is 266 g/mol. The molecule has 1 atom stereocenters. The highest BCUT2D eigenvalue weighted by Gasteiger charge is 2.17. The van der Waals surface area contributed by atoms with Gasteiger partial charge in [0, 0.05) is 6.21 Å². The van der Waals surface area contributed by atoms with Crippen molar-refractivity contribution in [3.8, 4) is 0 Å². The highest BCUT2D eigenvalue weighted by Crippen LogP contribution is 2.33. The molecule has 0 heterocycles. The Morgan fingerprint density at radius 3 is 1.77 bits per heavy atom. The van der Waals surface area contributed by atoms with Crippen LogP contribution in [0.3, 0.4) is 0 Å². The van der Waals surface area contributed by atoms with Crippen molar-refractivity contribution in [2.24, 2.45) is 4.99 Å². The second-order valence-electron chi connectivity index (χ2n) is 6.52. The van der Waals surface area contributed by atoms with Crippen LogP contribution in [0.2, 0.25) is 0 Å². The van der Waals surface area contributed by atoms with E-state index < -0.39 is 0 Å². The minimum absolute atomic E-state index is 0.177. The third kappa shape index (κ3) is 3.85. The molecule has 0 aliphatic heterocycles. The van der Waals surface area contributed by atoms with Crippen molar-refractivity contribution in [3.05, 3.63) is 70.8 Å². The fraction of sp³-hybridized carbons (Fsp3) is 0.381. The zero-order valence-electron chi connectivity index (χ0n) is 14.4. The standard InChI is InChI=1S/C21H27N/c1-15(2)19-12-9-13-20(16(3)4)21(19)17(5)22-14-18-10-7-6-8-11-18/h6-17H,1-5H3. The summed E-state index contributed by atoms with van der Waals surface area (Å²) in [6, 6.07) is 17.2. The van der Waals surface area contributed by atoms with Crippen LogP contribution in [0.1, 0.15) is 74.8 Å². The number of aliphatic imine (C=N–C) groups is 1. The minimum atomic E-state index is 0.177. The molecule has 0 saturated carbocycles.